The van der Waals surface area contributed by atoms with E-state index in [1.54, 1.807) is 0 Å². The molecule has 1 aromatic heterocycles. The van der Waals surface area contributed by atoms with Gasteiger partial charge in [-0.05, 0) is 62.8 Å². The van der Waals surface area contributed by atoms with Gasteiger partial charge >= 0.3 is 0 Å². The van der Waals surface area contributed by atoms with Crippen LogP contribution in [-0.4, -0.2) is 26.8 Å². The molecule has 1 aliphatic rings. The molecule has 20 heavy (non-hydrogen) atoms. The first kappa shape index (κ1) is 13.6. The maximum atomic E-state index is 9.51. The van der Waals surface area contributed by atoms with Crippen LogP contribution >= 0.6 is 0 Å². The van der Waals surface area contributed by atoms with Crippen LogP contribution in [0.4, 0.5) is 0 Å². The van der Waals surface area contributed by atoms with Gasteiger partial charge < -0.3 is 15.4 Å². The van der Waals surface area contributed by atoms with Crippen LogP contribution < -0.4 is 5.73 Å². The summed E-state index contributed by atoms with van der Waals surface area (Å²) < 4.78 is 2.25. The average Bonchev–Trinajstić information content (AvgIpc) is 2.82. The highest BCUT2D eigenvalue weighted by Gasteiger charge is 2.33. The predicted octanol–water partition coefficient (Wildman–Crippen LogP) is 2.46. The summed E-state index contributed by atoms with van der Waals surface area (Å²) in [6.07, 6.45) is 5.83. The Kier molecular flexibility index (Phi) is 3.30. The topological polar surface area (TPSA) is 64.1 Å². The Hall–Kier alpha value is -1.39. The lowest BCUT2D eigenvalue weighted by Gasteiger charge is -2.37. The van der Waals surface area contributed by atoms with E-state index in [1.807, 2.05) is 6.33 Å². The first-order valence-corrected chi connectivity index (χ1v) is 7.36. The Balaban J connectivity index is 2.00. The molecule has 1 fully saturated rings. The highest BCUT2D eigenvalue weighted by molar-refractivity contribution is 5.77. The molecule has 0 spiro atoms. The third-order valence-electron chi connectivity index (χ3n) is 4.75. The van der Waals surface area contributed by atoms with Crippen molar-refractivity contribution in [3.8, 4) is 0 Å². The van der Waals surface area contributed by atoms with Gasteiger partial charge in [0.05, 0.1) is 24.0 Å². The molecule has 4 heteroatoms. The average molecular weight is 273 g/mol. The van der Waals surface area contributed by atoms with Crippen LogP contribution in [0.5, 0.6) is 0 Å². The fourth-order valence-electron chi connectivity index (χ4n) is 3.32. The third-order valence-corrected chi connectivity index (χ3v) is 4.75. The van der Waals surface area contributed by atoms with Crippen molar-refractivity contribution in [3.05, 3.63) is 29.6 Å². The maximum absolute atomic E-state index is 9.51. The molecule has 0 bridgehead atoms. The van der Waals surface area contributed by atoms with E-state index in [0.717, 1.165) is 31.2 Å². The fraction of sp³-hybridized carbons (Fsp3) is 0.562. The van der Waals surface area contributed by atoms with Gasteiger partial charge in [0.1, 0.15) is 0 Å². The molecule has 1 aromatic carbocycles. The van der Waals surface area contributed by atoms with Gasteiger partial charge in [0.25, 0.3) is 0 Å². The molecule has 108 valence electrons. The van der Waals surface area contributed by atoms with E-state index in [4.69, 9.17) is 5.73 Å². The Labute approximate surface area is 119 Å². The second kappa shape index (κ2) is 4.86. The van der Waals surface area contributed by atoms with E-state index in [1.165, 1.54) is 16.6 Å². The molecule has 1 saturated carbocycles. The van der Waals surface area contributed by atoms with Crippen molar-refractivity contribution < 1.29 is 5.11 Å². The molecule has 1 heterocycles. The minimum atomic E-state index is -0.431. The zero-order valence-electron chi connectivity index (χ0n) is 12.3. The Bertz CT molecular complexity index is 634. The molecule has 4 nitrogen and oxygen atoms in total. The first-order valence-electron chi connectivity index (χ1n) is 7.36. The molecule has 1 aliphatic carbocycles. The van der Waals surface area contributed by atoms with Gasteiger partial charge in [-0.1, -0.05) is 0 Å². The zero-order chi connectivity index (χ0) is 14.3. The third kappa shape index (κ3) is 2.23. The van der Waals surface area contributed by atoms with Crippen LogP contribution in [0.2, 0.25) is 0 Å². The van der Waals surface area contributed by atoms with Crippen LogP contribution in [0.25, 0.3) is 11.0 Å². The molecular weight excluding hydrogens is 250 g/mol. The molecule has 3 N–H and O–H groups in total. The molecule has 0 amide bonds. The summed E-state index contributed by atoms with van der Waals surface area (Å²) in [6.45, 7) is 4.31. The Morgan fingerprint density at radius 1 is 1.40 bits per heavy atom. The van der Waals surface area contributed by atoms with Crippen LogP contribution in [-0.2, 0) is 0 Å². The number of aliphatic hydroxyl groups excluding tert-OH is 1. The number of aromatic nitrogens is 2. The summed E-state index contributed by atoms with van der Waals surface area (Å²) in [5.74, 6) is 0. The zero-order valence-corrected chi connectivity index (χ0v) is 12.3. The lowest BCUT2D eigenvalue weighted by atomic mass is 9.80. The van der Waals surface area contributed by atoms with E-state index in [0.29, 0.717) is 6.04 Å². The minimum absolute atomic E-state index is 0.0638. The minimum Gasteiger partial charge on any atom is -0.394 e. The van der Waals surface area contributed by atoms with Crippen molar-refractivity contribution in [3.63, 3.8) is 0 Å². The van der Waals surface area contributed by atoms with Gasteiger partial charge in [-0.2, -0.15) is 0 Å². The summed E-state index contributed by atoms with van der Waals surface area (Å²) in [5, 5.41) is 9.51. The van der Waals surface area contributed by atoms with E-state index < -0.39 is 5.54 Å². The van der Waals surface area contributed by atoms with E-state index in [9.17, 15) is 5.11 Å². The number of hydrogen-bond donors (Lipinski definition) is 2. The van der Waals surface area contributed by atoms with Crippen LogP contribution in [0.15, 0.2) is 18.5 Å². The monoisotopic (exact) mass is 273 g/mol. The van der Waals surface area contributed by atoms with Crippen LogP contribution in [0, 0.1) is 13.8 Å². The molecule has 2 unspecified atom stereocenters. The number of hydrogen-bond acceptors (Lipinski definition) is 3. The van der Waals surface area contributed by atoms with Crippen molar-refractivity contribution in [2.75, 3.05) is 6.61 Å². The van der Waals surface area contributed by atoms with Crippen LogP contribution in [0.3, 0.4) is 0 Å². The van der Waals surface area contributed by atoms with Gasteiger partial charge in [-0.15, -0.1) is 0 Å². The quantitative estimate of drug-likeness (QED) is 0.883. The highest BCUT2D eigenvalue weighted by atomic mass is 16.3. The molecule has 2 aromatic rings. The molecule has 0 saturated heterocycles. The number of benzene rings is 1. The van der Waals surface area contributed by atoms with Crippen LogP contribution in [0.1, 0.15) is 42.9 Å². The SMILES string of the molecule is Cc1cc2ncn(C3CCCC(N)(CO)C3)c2cc1C. The molecular formula is C16H23N3O. The van der Waals surface area contributed by atoms with E-state index in [2.05, 4.69) is 35.5 Å². The van der Waals surface area contributed by atoms with Crippen molar-refractivity contribution in [1.82, 2.24) is 9.55 Å². The predicted molar refractivity (Wildman–Crippen MR) is 80.7 cm³/mol. The number of rotatable bonds is 2. The smallest absolute Gasteiger partial charge is 0.0960 e. The molecule has 0 radical (unpaired) electrons. The number of imidazole rings is 1. The molecule has 3 rings (SSSR count). The largest absolute Gasteiger partial charge is 0.394 e. The number of fused-ring (bicyclic) bond motifs is 1. The van der Waals surface area contributed by atoms with Crippen molar-refractivity contribution in [1.29, 1.82) is 0 Å². The summed E-state index contributed by atoms with van der Waals surface area (Å²) >= 11 is 0. The Morgan fingerprint density at radius 3 is 2.90 bits per heavy atom. The lowest BCUT2D eigenvalue weighted by molar-refractivity contribution is 0.132. The number of nitrogens with two attached hydrogens (primary N) is 1. The standard InChI is InChI=1S/C16H23N3O/c1-11-6-14-15(7-12(11)2)19(10-18-14)13-4-3-5-16(17,8-13)9-20/h6-7,10,13,20H,3-5,8-9,17H2,1-2H3. The second-order valence-corrected chi connectivity index (χ2v) is 6.35. The van der Waals surface area contributed by atoms with Crippen molar-refractivity contribution >= 4 is 11.0 Å². The van der Waals surface area contributed by atoms with Crippen molar-refractivity contribution in [2.24, 2.45) is 5.73 Å². The summed E-state index contributed by atoms with van der Waals surface area (Å²) in [7, 11) is 0. The first-order chi connectivity index (χ1) is 9.52. The molecule has 0 aliphatic heterocycles. The summed E-state index contributed by atoms with van der Waals surface area (Å²) in [5.41, 5.74) is 10.6. The van der Waals surface area contributed by atoms with Gasteiger partial charge in [0.15, 0.2) is 0 Å². The lowest BCUT2D eigenvalue weighted by Crippen LogP contribution is -2.47. The second-order valence-electron chi connectivity index (χ2n) is 6.35. The normalized spacial score (nSPS) is 27.1. The summed E-state index contributed by atoms with van der Waals surface area (Å²) in [4.78, 5) is 4.53. The highest BCUT2D eigenvalue weighted by Crippen LogP contribution is 2.35. The molecule has 2 atom stereocenters. The number of aryl methyl sites for hydroxylation is 2. The number of aliphatic hydroxyl groups is 1. The number of nitrogens with zero attached hydrogens (tertiary/aromatic N) is 2. The van der Waals surface area contributed by atoms with Gasteiger partial charge in [-0.3, -0.25) is 0 Å². The Morgan fingerprint density at radius 2 is 2.15 bits per heavy atom. The van der Waals surface area contributed by atoms with Gasteiger partial charge in [0.2, 0.25) is 0 Å². The van der Waals surface area contributed by atoms with E-state index >= 15 is 0 Å². The summed E-state index contributed by atoms with van der Waals surface area (Å²) in [6, 6.07) is 4.70. The van der Waals surface area contributed by atoms with Gasteiger partial charge in [-0.25, -0.2) is 4.98 Å². The van der Waals surface area contributed by atoms with E-state index in [-0.39, 0.29) is 6.61 Å². The van der Waals surface area contributed by atoms with Crippen molar-refractivity contribution in [2.45, 2.75) is 51.1 Å². The fourth-order valence-corrected chi connectivity index (χ4v) is 3.32. The van der Waals surface area contributed by atoms with Gasteiger partial charge in [0, 0.05) is 11.6 Å². The maximum Gasteiger partial charge on any atom is 0.0960 e.